The van der Waals surface area contributed by atoms with Gasteiger partial charge in [-0.05, 0) is 62.2 Å². The number of carbonyl (C=O) groups excluding carboxylic acids is 1. The van der Waals surface area contributed by atoms with Crippen molar-refractivity contribution in [3.8, 4) is 11.1 Å². The molecular weight excluding hydrogens is 445 g/mol. The Bertz CT molecular complexity index is 1270. The molecule has 0 aliphatic carbocycles. The van der Waals surface area contributed by atoms with Gasteiger partial charge in [0.1, 0.15) is 5.82 Å². The van der Waals surface area contributed by atoms with E-state index in [1.165, 1.54) is 31.4 Å². The van der Waals surface area contributed by atoms with Gasteiger partial charge in [0.2, 0.25) is 0 Å². The van der Waals surface area contributed by atoms with Gasteiger partial charge in [-0.2, -0.15) is 5.10 Å². The number of pyridine rings is 1. The SMILES string of the molecule is CCn1cc(C(=O)N2CCc3c(cc(-c4cccc(F)c4)c(=O)n3CCN3CCCCC3)C2)cn1. The lowest BCUT2D eigenvalue weighted by Gasteiger charge is -2.32. The summed E-state index contributed by atoms with van der Waals surface area (Å²) in [4.78, 5) is 31.0. The van der Waals surface area contributed by atoms with Gasteiger partial charge in [0.05, 0.1) is 11.8 Å². The van der Waals surface area contributed by atoms with Crippen molar-refractivity contribution < 1.29 is 9.18 Å². The van der Waals surface area contributed by atoms with Gasteiger partial charge in [-0.25, -0.2) is 4.39 Å². The van der Waals surface area contributed by atoms with E-state index in [4.69, 9.17) is 0 Å². The van der Waals surface area contributed by atoms with E-state index in [9.17, 15) is 14.0 Å². The van der Waals surface area contributed by atoms with E-state index in [1.807, 2.05) is 22.5 Å². The molecule has 184 valence electrons. The molecule has 5 rings (SSSR count). The molecule has 0 unspecified atom stereocenters. The first-order chi connectivity index (χ1) is 17.0. The van der Waals surface area contributed by atoms with Crippen LogP contribution in [0.5, 0.6) is 0 Å². The fraction of sp³-hybridized carbons (Fsp3) is 0.444. The standard InChI is InChI=1S/C27H32FN5O2/c1-2-32-19-22(17-29-32)26(34)31-12-9-25-21(18-31)16-24(20-7-6-8-23(28)15-20)27(35)33(25)14-13-30-10-4-3-5-11-30/h6-8,15-17,19H,2-5,9-14,18H2,1H3. The number of hydrogen-bond acceptors (Lipinski definition) is 4. The van der Waals surface area contributed by atoms with E-state index in [1.54, 1.807) is 29.2 Å². The lowest BCUT2D eigenvalue weighted by Crippen LogP contribution is -2.41. The highest BCUT2D eigenvalue weighted by Crippen LogP contribution is 2.25. The second-order valence-corrected chi connectivity index (χ2v) is 9.46. The van der Waals surface area contributed by atoms with Crippen molar-refractivity contribution in [3.05, 3.63) is 75.7 Å². The maximum atomic E-state index is 14.0. The Labute approximate surface area is 204 Å². The first-order valence-corrected chi connectivity index (χ1v) is 12.6. The zero-order valence-electron chi connectivity index (χ0n) is 20.3. The molecule has 0 atom stereocenters. The fourth-order valence-electron chi connectivity index (χ4n) is 5.25. The Hall–Kier alpha value is -3.26. The van der Waals surface area contributed by atoms with Crippen LogP contribution in [0.4, 0.5) is 4.39 Å². The number of piperidine rings is 1. The Morgan fingerprint density at radius 3 is 2.66 bits per heavy atom. The normalized spacial score (nSPS) is 16.3. The third-order valence-electron chi connectivity index (χ3n) is 7.19. The monoisotopic (exact) mass is 477 g/mol. The molecule has 8 heteroatoms. The Morgan fingerprint density at radius 1 is 1.09 bits per heavy atom. The van der Waals surface area contributed by atoms with E-state index < -0.39 is 0 Å². The van der Waals surface area contributed by atoms with E-state index in [0.29, 0.717) is 49.3 Å². The van der Waals surface area contributed by atoms with Gasteiger partial charge in [-0.3, -0.25) is 14.3 Å². The van der Waals surface area contributed by atoms with Crippen LogP contribution in [0.15, 0.2) is 47.5 Å². The molecule has 2 aliphatic heterocycles. The first-order valence-electron chi connectivity index (χ1n) is 12.6. The Balaban J connectivity index is 1.49. The summed E-state index contributed by atoms with van der Waals surface area (Å²) in [6.07, 6.45) is 7.66. The van der Waals surface area contributed by atoms with E-state index >= 15 is 0 Å². The van der Waals surface area contributed by atoms with Crippen molar-refractivity contribution >= 4 is 5.91 Å². The lowest BCUT2D eigenvalue weighted by atomic mass is 9.98. The number of nitrogens with zero attached hydrogens (tertiary/aromatic N) is 5. The molecule has 1 fully saturated rings. The highest BCUT2D eigenvalue weighted by atomic mass is 19.1. The van der Waals surface area contributed by atoms with Crippen molar-refractivity contribution in [1.29, 1.82) is 0 Å². The van der Waals surface area contributed by atoms with Gasteiger partial charge >= 0.3 is 0 Å². The number of fused-ring (bicyclic) bond motifs is 1. The molecule has 0 radical (unpaired) electrons. The molecule has 4 heterocycles. The minimum atomic E-state index is -0.371. The van der Waals surface area contributed by atoms with Gasteiger partial charge in [-0.15, -0.1) is 0 Å². The van der Waals surface area contributed by atoms with Gasteiger partial charge in [-0.1, -0.05) is 18.6 Å². The Morgan fingerprint density at radius 2 is 1.91 bits per heavy atom. The van der Waals surface area contributed by atoms with Crippen LogP contribution in [0.1, 0.15) is 47.8 Å². The van der Waals surface area contributed by atoms with Crippen molar-refractivity contribution in [2.75, 3.05) is 26.2 Å². The van der Waals surface area contributed by atoms with Crippen LogP contribution in [0.3, 0.4) is 0 Å². The number of rotatable bonds is 6. The molecule has 1 amide bonds. The summed E-state index contributed by atoms with van der Waals surface area (Å²) < 4.78 is 17.6. The molecular formula is C27H32FN5O2. The number of halogens is 1. The van der Waals surface area contributed by atoms with E-state index in [-0.39, 0.29) is 17.3 Å². The van der Waals surface area contributed by atoms with Crippen LogP contribution in [0.2, 0.25) is 0 Å². The molecule has 0 spiro atoms. The fourth-order valence-corrected chi connectivity index (χ4v) is 5.25. The van der Waals surface area contributed by atoms with Crippen molar-refractivity contribution in [2.24, 2.45) is 0 Å². The number of hydrogen-bond donors (Lipinski definition) is 0. The summed E-state index contributed by atoms with van der Waals surface area (Å²) in [7, 11) is 0. The number of benzene rings is 1. The van der Waals surface area contributed by atoms with Crippen LogP contribution < -0.4 is 5.56 Å². The lowest BCUT2D eigenvalue weighted by molar-refractivity contribution is 0.0731. The summed E-state index contributed by atoms with van der Waals surface area (Å²) in [6.45, 7) is 7.19. The van der Waals surface area contributed by atoms with E-state index in [2.05, 4.69) is 10.00 Å². The second-order valence-electron chi connectivity index (χ2n) is 9.46. The van der Waals surface area contributed by atoms with Crippen LogP contribution in [-0.4, -0.2) is 56.2 Å². The minimum absolute atomic E-state index is 0.0614. The van der Waals surface area contributed by atoms with E-state index in [0.717, 1.165) is 30.9 Å². The summed E-state index contributed by atoms with van der Waals surface area (Å²) in [5.74, 6) is -0.432. The number of amides is 1. The number of likely N-dealkylation sites (tertiary alicyclic amines) is 1. The maximum absolute atomic E-state index is 14.0. The summed E-state index contributed by atoms with van der Waals surface area (Å²) in [6, 6.07) is 8.05. The Kier molecular flexibility index (Phi) is 6.81. The molecule has 3 aromatic rings. The van der Waals surface area contributed by atoms with Crippen LogP contribution in [0, 0.1) is 5.82 Å². The molecule has 2 aromatic heterocycles. The molecule has 35 heavy (non-hydrogen) atoms. The summed E-state index contributed by atoms with van der Waals surface area (Å²) in [5, 5.41) is 4.23. The zero-order chi connectivity index (χ0) is 24.4. The quantitative estimate of drug-likeness (QED) is 0.545. The maximum Gasteiger partial charge on any atom is 0.258 e. The molecule has 0 bridgehead atoms. The molecule has 7 nitrogen and oxygen atoms in total. The predicted molar refractivity (Wildman–Crippen MR) is 133 cm³/mol. The number of aromatic nitrogens is 3. The summed E-state index contributed by atoms with van der Waals surface area (Å²) >= 11 is 0. The molecule has 2 aliphatic rings. The third-order valence-corrected chi connectivity index (χ3v) is 7.19. The van der Waals surface area contributed by atoms with Crippen LogP contribution >= 0.6 is 0 Å². The summed E-state index contributed by atoms with van der Waals surface area (Å²) in [5.41, 5.74) is 3.46. The van der Waals surface area contributed by atoms with Crippen molar-refractivity contribution in [1.82, 2.24) is 24.1 Å². The van der Waals surface area contributed by atoms with Crippen LogP contribution in [-0.2, 0) is 26.1 Å². The average molecular weight is 478 g/mol. The smallest absolute Gasteiger partial charge is 0.258 e. The molecule has 0 N–H and O–H groups in total. The largest absolute Gasteiger partial charge is 0.334 e. The van der Waals surface area contributed by atoms with Gasteiger partial charge < -0.3 is 14.4 Å². The van der Waals surface area contributed by atoms with Crippen molar-refractivity contribution in [2.45, 2.75) is 52.2 Å². The topological polar surface area (TPSA) is 63.4 Å². The first kappa shape index (κ1) is 23.5. The minimum Gasteiger partial charge on any atom is -0.334 e. The molecule has 0 saturated carbocycles. The van der Waals surface area contributed by atoms with Gasteiger partial charge in [0.25, 0.3) is 11.5 Å². The predicted octanol–water partition coefficient (Wildman–Crippen LogP) is 3.56. The van der Waals surface area contributed by atoms with Gasteiger partial charge in [0, 0.05) is 56.6 Å². The third kappa shape index (κ3) is 4.93. The van der Waals surface area contributed by atoms with Gasteiger partial charge in [0.15, 0.2) is 0 Å². The average Bonchev–Trinajstić information content (AvgIpc) is 3.37. The second kappa shape index (κ2) is 10.2. The van der Waals surface area contributed by atoms with Crippen LogP contribution in [0.25, 0.3) is 11.1 Å². The number of carbonyl (C=O) groups is 1. The zero-order valence-corrected chi connectivity index (χ0v) is 20.3. The highest BCUT2D eigenvalue weighted by molar-refractivity contribution is 5.93. The highest BCUT2D eigenvalue weighted by Gasteiger charge is 2.27. The molecule has 1 saturated heterocycles. The number of aryl methyl sites for hydroxylation is 1. The van der Waals surface area contributed by atoms with Crippen molar-refractivity contribution in [3.63, 3.8) is 0 Å². The molecule has 1 aromatic carbocycles.